The van der Waals surface area contributed by atoms with E-state index in [4.69, 9.17) is 0 Å². The Labute approximate surface area is 193 Å². The van der Waals surface area contributed by atoms with Crippen molar-refractivity contribution in [2.75, 3.05) is 0 Å². The lowest BCUT2D eigenvalue weighted by atomic mass is 9.66. The van der Waals surface area contributed by atoms with Gasteiger partial charge in [0.2, 0.25) is 0 Å². The van der Waals surface area contributed by atoms with Gasteiger partial charge >= 0.3 is 0 Å². The van der Waals surface area contributed by atoms with E-state index in [2.05, 4.69) is 133 Å². The van der Waals surface area contributed by atoms with E-state index in [9.17, 15) is 0 Å². The molecule has 0 atom stereocenters. The first-order chi connectivity index (χ1) is 13.7. The number of benzene rings is 2. The zero-order valence-corrected chi connectivity index (χ0v) is 23.0. The van der Waals surface area contributed by atoms with Crippen molar-refractivity contribution in [3.63, 3.8) is 0 Å². The average molecular weight is 421 g/mol. The van der Waals surface area contributed by atoms with Gasteiger partial charge in [-0.2, -0.15) is 0 Å². The summed E-state index contributed by atoms with van der Waals surface area (Å²) in [6.45, 7) is 32.8. The first-order valence-corrected chi connectivity index (χ1v) is 12.0. The van der Waals surface area contributed by atoms with E-state index in [-0.39, 0.29) is 27.1 Å². The molecule has 0 saturated heterocycles. The molecule has 172 valence electrons. The van der Waals surface area contributed by atoms with Crippen LogP contribution in [0.2, 0.25) is 0 Å². The van der Waals surface area contributed by atoms with E-state index in [0.29, 0.717) is 0 Å². The molecule has 31 heavy (non-hydrogen) atoms. The smallest absolute Gasteiger partial charge is 0.0149 e. The largest absolute Gasteiger partial charge is 0.0582 e. The van der Waals surface area contributed by atoms with Crippen LogP contribution in [-0.4, -0.2) is 0 Å². The van der Waals surface area contributed by atoms with Crippen LogP contribution in [0.15, 0.2) is 36.4 Å². The van der Waals surface area contributed by atoms with E-state index < -0.39 is 0 Å². The molecule has 0 N–H and O–H groups in total. The third kappa shape index (κ3) is 5.44. The zero-order chi connectivity index (χ0) is 24.2. The molecule has 0 saturated carbocycles. The lowest BCUT2D eigenvalue weighted by Gasteiger charge is -2.39. The molecule has 0 aromatic heterocycles. The van der Waals surface area contributed by atoms with Gasteiger partial charge in [-0.1, -0.05) is 133 Å². The average Bonchev–Trinajstić information content (AvgIpc) is 2.57. The van der Waals surface area contributed by atoms with Crippen LogP contribution in [-0.2, 0) is 27.1 Å². The summed E-state index contributed by atoms with van der Waals surface area (Å²) in [5.74, 6) is 0. The highest BCUT2D eigenvalue weighted by molar-refractivity contribution is 5.53. The second-order valence-corrected chi connectivity index (χ2v) is 14.1. The first-order valence-electron chi connectivity index (χ1n) is 12.0. The Morgan fingerprint density at radius 1 is 0.355 bits per heavy atom. The molecule has 0 fully saturated rings. The predicted octanol–water partition coefficient (Wildman–Crippen LogP) is 9.20. The van der Waals surface area contributed by atoms with Crippen LogP contribution < -0.4 is 0 Å². The minimum absolute atomic E-state index is 0.0740. The van der Waals surface area contributed by atoms with E-state index >= 15 is 0 Å². The second-order valence-electron chi connectivity index (χ2n) is 14.1. The summed E-state index contributed by atoms with van der Waals surface area (Å²) in [4.78, 5) is 0. The van der Waals surface area contributed by atoms with Gasteiger partial charge in [0.05, 0.1) is 0 Å². The maximum Gasteiger partial charge on any atom is 0.0149 e. The molecule has 0 amide bonds. The molecular weight excluding hydrogens is 372 g/mol. The molecule has 0 radical (unpaired) electrons. The van der Waals surface area contributed by atoms with Gasteiger partial charge in [-0.3, -0.25) is 0 Å². The highest BCUT2D eigenvalue weighted by atomic mass is 14.4. The maximum absolute atomic E-state index is 2.54. The Morgan fingerprint density at radius 3 is 0.968 bits per heavy atom. The summed E-state index contributed by atoms with van der Waals surface area (Å²) >= 11 is 0. The fourth-order valence-corrected chi connectivity index (χ4v) is 4.52. The summed E-state index contributed by atoms with van der Waals surface area (Å²) in [7, 11) is 0. The molecule has 0 aliphatic carbocycles. The molecule has 0 bridgehead atoms. The van der Waals surface area contributed by atoms with Crippen LogP contribution >= 0.6 is 0 Å². The minimum Gasteiger partial charge on any atom is -0.0582 e. The summed E-state index contributed by atoms with van der Waals surface area (Å²) in [5.41, 5.74) is 9.04. The zero-order valence-electron chi connectivity index (χ0n) is 23.0. The molecule has 2 aromatic rings. The summed E-state index contributed by atoms with van der Waals surface area (Å²) in [5, 5.41) is 0. The Kier molecular flexibility index (Phi) is 6.46. The summed E-state index contributed by atoms with van der Waals surface area (Å²) in [6.07, 6.45) is 0. The molecule has 0 aliphatic heterocycles. The monoisotopic (exact) mass is 420 g/mol. The van der Waals surface area contributed by atoms with Gasteiger partial charge in [-0.15, -0.1) is 0 Å². The van der Waals surface area contributed by atoms with Crippen molar-refractivity contribution in [1.82, 2.24) is 0 Å². The van der Waals surface area contributed by atoms with E-state index in [1.165, 1.54) is 33.4 Å². The molecule has 2 aromatic carbocycles. The SMILES string of the molecule is CC(C)(C)c1ccc(C(C)(C)c2cc(C(C)(C)C)c(C(C)(C)C)cc2C(C)(C)C)cc1. The molecule has 0 nitrogen and oxygen atoms in total. The van der Waals surface area contributed by atoms with Gasteiger partial charge in [0, 0.05) is 5.41 Å². The van der Waals surface area contributed by atoms with Gasteiger partial charge in [0.25, 0.3) is 0 Å². The number of rotatable bonds is 2. The molecule has 0 heterocycles. The van der Waals surface area contributed by atoms with Crippen LogP contribution in [0.4, 0.5) is 0 Å². The van der Waals surface area contributed by atoms with E-state index in [1.807, 2.05) is 0 Å². The molecule has 2 rings (SSSR count). The molecule has 0 spiro atoms. The van der Waals surface area contributed by atoms with Crippen molar-refractivity contribution in [1.29, 1.82) is 0 Å². The van der Waals surface area contributed by atoms with Crippen LogP contribution in [0.25, 0.3) is 0 Å². The molecule has 0 unspecified atom stereocenters. The summed E-state index contributed by atoms with van der Waals surface area (Å²) in [6, 6.07) is 14.4. The van der Waals surface area contributed by atoms with Gasteiger partial charge in [-0.25, -0.2) is 0 Å². The minimum atomic E-state index is -0.0740. The first kappa shape index (κ1) is 25.7. The van der Waals surface area contributed by atoms with Crippen LogP contribution in [0, 0.1) is 0 Å². The molecule has 0 aliphatic rings. The van der Waals surface area contributed by atoms with Gasteiger partial charge in [-0.05, 0) is 55.0 Å². The number of hydrogen-bond acceptors (Lipinski definition) is 0. The van der Waals surface area contributed by atoms with Crippen molar-refractivity contribution in [3.8, 4) is 0 Å². The Bertz CT molecular complexity index is 909. The number of hydrogen-bond donors (Lipinski definition) is 0. The Morgan fingerprint density at radius 2 is 0.645 bits per heavy atom. The second kappa shape index (κ2) is 7.79. The van der Waals surface area contributed by atoms with Crippen molar-refractivity contribution >= 4 is 0 Å². The molecular formula is C31H48. The fourth-order valence-electron chi connectivity index (χ4n) is 4.52. The summed E-state index contributed by atoms with van der Waals surface area (Å²) < 4.78 is 0. The quantitative estimate of drug-likeness (QED) is 0.454. The highest BCUT2D eigenvalue weighted by Gasteiger charge is 2.35. The predicted molar refractivity (Wildman–Crippen MR) is 140 cm³/mol. The molecule has 0 heteroatoms. The Hall–Kier alpha value is -1.56. The standard InChI is InChI=1S/C31H48/c1-27(2,3)21-15-17-22(18-16-21)31(13,14)26-20-24(29(7,8)9)23(28(4,5)6)19-25(26)30(10,11)12/h15-20H,1-14H3. The lowest BCUT2D eigenvalue weighted by molar-refractivity contribution is 0.509. The van der Waals surface area contributed by atoms with Gasteiger partial charge in [0.1, 0.15) is 0 Å². The maximum atomic E-state index is 2.54. The normalized spacial score (nSPS) is 14.1. The van der Waals surface area contributed by atoms with Gasteiger partial charge in [0.15, 0.2) is 0 Å². The van der Waals surface area contributed by atoms with Gasteiger partial charge < -0.3 is 0 Å². The van der Waals surface area contributed by atoms with E-state index in [1.54, 1.807) is 0 Å². The van der Waals surface area contributed by atoms with E-state index in [0.717, 1.165) is 0 Å². The Balaban J connectivity index is 2.84. The topological polar surface area (TPSA) is 0 Å². The van der Waals surface area contributed by atoms with Crippen molar-refractivity contribution in [3.05, 3.63) is 69.8 Å². The van der Waals surface area contributed by atoms with Crippen molar-refractivity contribution < 1.29 is 0 Å². The lowest BCUT2D eigenvalue weighted by Crippen LogP contribution is -2.30. The van der Waals surface area contributed by atoms with Crippen LogP contribution in [0.1, 0.15) is 130 Å². The highest BCUT2D eigenvalue weighted by Crippen LogP contribution is 2.44. The third-order valence-corrected chi connectivity index (χ3v) is 6.73. The fraction of sp³-hybridized carbons (Fsp3) is 0.613. The van der Waals surface area contributed by atoms with Crippen molar-refractivity contribution in [2.24, 2.45) is 0 Å². The van der Waals surface area contributed by atoms with Crippen molar-refractivity contribution in [2.45, 2.75) is 124 Å². The van der Waals surface area contributed by atoms with Crippen LogP contribution in [0.3, 0.4) is 0 Å². The van der Waals surface area contributed by atoms with Crippen LogP contribution in [0.5, 0.6) is 0 Å². The third-order valence-electron chi connectivity index (χ3n) is 6.73.